The van der Waals surface area contributed by atoms with E-state index in [9.17, 15) is 4.79 Å². The van der Waals surface area contributed by atoms with E-state index in [2.05, 4.69) is 17.1 Å². The SMILES string of the molecule is CCCN(C(=O)CCCOCC)C1CCNCC1.Cl. The third-order valence-corrected chi connectivity index (χ3v) is 3.42. The first-order valence-corrected chi connectivity index (χ1v) is 7.37. The lowest BCUT2D eigenvalue weighted by molar-refractivity contribution is -0.134. The van der Waals surface area contributed by atoms with E-state index in [1.54, 1.807) is 0 Å². The molecule has 5 heteroatoms. The lowest BCUT2D eigenvalue weighted by atomic mass is 10.0. The van der Waals surface area contributed by atoms with Crippen molar-refractivity contribution >= 4 is 18.3 Å². The summed E-state index contributed by atoms with van der Waals surface area (Å²) in [4.78, 5) is 14.3. The minimum Gasteiger partial charge on any atom is -0.382 e. The Labute approximate surface area is 123 Å². The standard InChI is InChI=1S/C14H28N2O2.ClH/c1-3-11-16(13-7-9-15-10-8-13)14(17)6-5-12-18-4-2;/h13,15H,3-12H2,1-2H3;1H. The summed E-state index contributed by atoms with van der Waals surface area (Å²) in [7, 11) is 0. The van der Waals surface area contributed by atoms with E-state index in [0.717, 1.165) is 51.9 Å². The smallest absolute Gasteiger partial charge is 0.222 e. The number of ether oxygens (including phenoxy) is 1. The molecule has 1 heterocycles. The Morgan fingerprint density at radius 3 is 2.58 bits per heavy atom. The molecule has 1 amide bonds. The van der Waals surface area contributed by atoms with Crippen LogP contribution in [0.2, 0.25) is 0 Å². The van der Waals surface area contributed by atoms with Crippen molar-refractivity contribution in [1.82, 2.24) is 10.2 Å². The van der Waals surface area contributed by atoms with Gasteiger partial charge in [0.1, 0.15) is 0 Å². The van der Waals surface area contributed by atoms with Crippen molar-refractivity contribution in [3.05, 3.63) is 0 Å². The molecule has 0 radical (unpaired) electrons. The number of carbonyl (C=O) groups is 1. The Kier molecular flexibility index (Phi) is 11.3. The summed E-state index contributed by atoms with van der Waals surface area (Å²) in [6.07, 6.45) is 4.71. The molecule has 114 valence electrons. The van der Waals surface area contributed by atoms with Crippen molar-refractivity contribution in [2.24, 2.45) is 0 Å². The molecule has 0 aromatic rings. The van der Waals surface area contributed by atoms with E-state index in [-0.39, 0.29) is 12.4 Å². The maximum Gasteiger partial charge on any atom is 0.222 e. The van der Waals surface area contributed by atoms with E-state index in [1.165, 1.54) is 0 Å². The molecule has 0 atom stereocenters. The van der Waals surface area contributed by atoms with Crippen LogP contribution >= 0.6 is 12.4 Å². The molecule has 19 heavy (non-hydrogen) atoms. The highest BCUT2D eigenvalue weighted by molar-refractivity contribution is 5.85. The third kappa shape index (κ3) is 7.14. The molecule has 0 aromatic carbocycles. The van der Waals surface area contributed by atoms with Gasteiger partial charge in [-0.05, 0) is 45.7 Å². The zero-order valence-electron chi connectivity index (χ0n) is 12.3. The van der Waals surface area contributed by atoms with E-state index in [4.69, 9.17) is 4.74 Å². The predicted molar refractivity (Wildman–Crippen MR) is 80.9 cm³/mol. The maximum absolute atomic E-state index is 12.2. The fraction of sp³-hybridized carbons (Fsp3) is 0.929. The summed E-state index contributed by atoms with van der Waals surface area (Å²) in [5.74, 6) is 0.309. The predicted octanol–water partition coefficient (Wildman–Crippen LogP) is 2.22. The fourth-order valence-electron chi connectivity index (χ4n) is 2.48. The van der Waals surface area contributed by atoms with Crippen molar-refractivity contribution in [2.75, 3.05) is 32.8 Å². The summed E-state index contributed by atoms with van der Waals surface area (Å²) in [6, 6.07) is 0.450. The largest absolute Gasteiger partial charge is 0.382 e. The van der Waals surface area contributed by atoms with Crippen molar-refractivity contribution in [1.29, 1.82) is 0 Å². The van der Waals surface area contributed by atoms with Crippen LogP contribution in [0, 0.1) is 0 Å². The van der Waals surface area contributed by atoms with E-state index < -0.39 is 0 Å². The fourth-order valence-corrected chi connectivity index (χ4v) is 2.48. The molecule has 4 nitrogen and oxygen atoms in total. The van der Waals surface area contributed by atoms with Crippen LogP contribution in [0.15, 0.2) is 0 Å². The summed E-state index contributed by atoms with van der Waals surface area (Å²) in [5, 5.41) is 3.35. The van der Waals surface area contributed by atoms with Crippen LogP contribution in [0.3, 0.4) is 0 Å². The Hall–Kier alpha value is -0.320. The molecule has 1 rings (SSSR count). The first kappa shape index (κ1) is 18.7. The summed E-state index contributed by atoms with van der Waals surface area (Å²) in [6.45, 7) is 8.55. The number of halogens is 1. The Balaban J connectivity index is 0.00000324. The van der Waals surface area contributed by atoms with Crippen LogP contribution in [0.25, 0.3) is 0 Å². The molecule has 1 N–H and O–H groups in total. The van der Waals surface area contributed by atoms with Gasteiger partial charge in [0.05, 0.1) is 0 Å². The highest BCUT2D eigenvalue weighted by Crippen LogP contribution is 2.14. The van der Waals surface area contributed by atoms with E-state index in [0.29, 0.717) is 25.0 Å². The van der Waals surface area contributed by atoms with Gasteiger partial charge >= 0.3 is 0 Å². The van der Waals surface area contributed by atoms with Crippen LogP contribution in [-0.4, -0.2) is 49.7 Å². The topological polar surface area (TPSA) is 41.6 Å². The summed E-state index contributed by atoms with van der Waals surface area (Å²) < 4.78 is 5.29. The molecule has 0 bridgehead atoms. The van der Waals surface area contributed by atoms with E-state index in [1.807, 2.05) is 6.92 Å². The number of hydrogen-bond donors (Lipinski definition) is 1. The Bertz CT molecular complexity index is 233. The zero-order valence-corrected chi connectivity index (χ0v) is 13.1. The maximum atomic E-state index is 12.2. The Morgan fingerprint density at radius 1 is 1.32 bits per heavy atom. The second-order valence-electron chi connectivity index (χ2n) is 4.87. The number of rotatable bonds is 8. The Morgan fingerprint density at radius 2 is 2.00 bits per heavy atom. The number of amides is 1. The minimum absolute atomic E-state index is 0. The van der Waals surface area contributed by atoms with Gasteiger partial charge in [-0.15, -0.1) is 12.4 Å². The van der Waals surface area contributed by atoms with Gasteiger partial charge in [0.25, 0.3) is 0 Å². The first-order chi connectivity index (χ1) is 8.79. The summed E-state index contributed by atoms with van der Waals surface area (Å²) >= 11 is 0. The minimum atomic E-state index is 0. The van der Waals surface area contributed by atoms with Gasteiger partial charge in [-0.3, -0.25) is 4.79 Å². The van der Waals surface area contributed by atoms with Crippen molar-refractivity contribution < 1.29 is 9.53 Å². The van der Waals surface area contributed by atoms with Gasteiger partial charge in [-0.2, -0.15) is 0 Å². The van der Waals surface area contributed by atoms with E-state index >= 15 is 0 Å². The molecule has 0 saturated carbocycles. The molecule has 1 fully saturated rings. The van der Waals surface area contributed by atoms with Gasteiger partial charge in [0, 0.05) is 32.2 Å². The third-order valence-electron chi connectivity index (χ3n) is 3.42. The van der Waals surface area contributed by atoms with Crippen molar-refractivity contribution in [3.63, 3.8) is 0 Å². The molecule has 1 aliphatic rings. The molecule has 0 aliphatic carbocycles. The molecular weight excluding hydrogens is 264 g/mol. The van der Waals surface area contributed by atoms with Gasteiger partial charge in [-0.1, -0.05) is 6.92 Å². The highest BCUT2D eigenvalue weighted by Gasteiger charge is 2.23. The monoisotopic (exact) mass is 292 g/mol. The van der Waals surface area contributed by atoms with Crippen molar-refractivity contribution in [3.8, 4) is 0 Å². The number of hydrogen-bond acceptors (Lipinski definition) is 3. The van der Waals surface area contributed by atoms with Crippen LogP contribution in [0.4, 0.5) is 0 Å². The average molecular weight is 293 g/mol. The van der Waals surface area contributed by atoms with Gasteiger partial charge in [-0.25, -0.2) is 0 Å². The highest BCUT2D eigenvalue weighted by atomic mass is 35.5. The second kappa shape index (κ2) is 11.5. The lowest BCUT2D eigenvalue weighted by Crippen LogP contribution is -2.46. The molecule has 1 saturated heterocycles. The molecule has 0 aromatic heterocycles. The number of nitrogens with zero attached hydrogens (tertiary/aromatic N) is 1. The lowest BCUT2D eigenvalue weighted by Gasteiger charge is -2.34. The summed E-state index contributed by atoms with van der Waals surface area (Å²) in [5.41, 5.74) is 0. The number of carbonyl (C=O) groups excluding carboxylic acids is 1. The number of piperidine rings is 1. The second-order valence-corrected chi connectivity index (χ2v) is 4.87. The molecule has 0 spiro atoms. The van der Waals surface area contributed by atoms with Gasteiger partial charge < -0.3 is 15.0 Å². The average Bonchev–Trinajstić information content (AvgIpc) is 2.41. The molecule has 1 aliphatic heterocycles. The van der Waals surface area contributed by atoms with Crippen LogP contribution in [-0.2, 0) is 9.53 Å². The zero-order chi connectivity index (χ0) is 13.2. The van der Waals surface area contributed by atoms with Gasteiger partial charge in [0.15, 0.2) is 0 Å². The normalized spacial score (nSPS) is 15.9. The van der Waals surface area contributed by atoms with Crippen molar-refractivity contribution in [2.45, 2.75) is 52.0 Å². The van der Waals surface area contributed by atoms with Crippen LogP contribution in [0.5, 0.6) is 0 Å². The molecular formula is C14H29ClN2O2. The van der Waals surface area contributed by atoms with Gasteiger partial charge in [0.2, 0.25) is 5.91 Å². The molecule has 0 unspecified atom stereocenters. The first-order valence-electron chi connectivity index (χ1n) is 7.37. The number of nitrogens with one attached hydrogen (secondary N) is 1. The van der Waals surface area contributed by atoms with Crippen LogP contribution in [0.1, 0.15) is 46.0 Å². The quantitative estimate of drug-likeness (QED) is 0.698. The van der Waals surface area contributed by atoms with Crippen LogP contribution < -0.4 is 5.32 Å².